The molecule has 0 N–H and O–H groups in total. The van der Waals surface area contributed by atoms with Crippen LogP contribution >= 0.6 is 0 Å². The summed E-state index contributed by atoms with van der Waals surface area (Å²) in [5, 5.41) is 0. The van der Waals surface area contributed by atoms with Gasteiger partial charge in [-0.25, -0.2) is 0 Å². The van der Waals surface area contributed by atoms with Crippen molar-refractivity contribution in [2.75, 3.05) is 31.1 Å². The molecule has 1 aliphatic heterocycles. The number of carbonyl (C=O) groups excluding carboxylic acids is 1. The molecule has 0 unspecified atom stereocenters. The Labute approximate surface area is 192 Å². The quantitative estimate of drug-likeness (QED) is 0.551. The Kier molecular flexibility index (Phi) is 6.40. The van der Waals surface area contributed by atoms with Crippen LogP contribution in [-0.2, 0) is 13.0 Å². The van der Waals surface area contributed by atoms with Crippen LogP contribution in [0.5, 0.6) is 0 Å². The van der Waals surface area contributed by atoms with Gasteiger partial charge in [-0.05, 0) is 62.4 Å². The molecule has 0 bridgehead atoms. The lowest BCUT2D eigenvalue weighted by Gasteiger charge is -2.37. The number of para-hydroxylation sites is 1. The second-order valence-corrected chi connectivity index (χ2v) is 9.03. The molecule has 1 aliphatic rings. The molecule has 2 heterocycles. The van der Waals surface area contributed by atoms with Crippen molar-refractivity contribution in [3.05, 3.63) is 87.7 Å². The van der Waals surface area contributed by atoms with Crippen LogP contribution in [0.3, 0.4) is 0 Å². The lowest BCUT2D eigenvalue weighted by atomic mass is 10.1. The Morgan fingerprint density at radius 1 is 0.875 bits per heavy atom. The zero-order chi connectivity index (χ0) is 22.8. The van der Waals surface area contributed by atoms with E-state index in [-0.39, 0.29) is 5.91 Å². The maximum Gasteiger partial charge on any atom is 0.270 e. The van der Waals surface area contributed by atoms with Crippen molar-refractivity contribution in [1.82, 2.24) is 9.47 Å². The van der Waals surface area contributed by atoms with Gasteiger partial charge in [0, 0.05) is 44.1 Å². The maximum absolute atomic E-state index is 13.8. The van der Waals surface area contributed by atoms with Crippen molar-refractivity contribution in [3.63, 3.8) is 0 Å². The largest absolute Gasteiger partial charge is 0.368 e. The molecule has 1 saturated heterocycles. The molecule has 0 saturated carbocycles. The molecule has 0 spiro atoms. The van der Waals surface area contributed by atoms with E-state index in [0.29, 0.717) is 0 Å². The van der Waals surface area contributed by atoms with Crippen molar-refractivity contribution in [2.24, 2.45) is 0 Å². The molecule has 1 aromatic heterocycles. The summed E-state index contributed by atoms with van der Waals surface area (Å²) in [6, 6.07) is 17.1. The second kappa shape index (κ2) is 9.23. The Hall–Kier alpha value is -3.01. The minimum absolute atomic E-state index is 0.168. The number of benzene rings is 2. The molecule has 168 valence electrons. The van der Waals surface area contributed by atoms with E-state index in [9.17, 15) is 4.79 Å². The van der Waals surface area contributed by atoms with Crippen LogP contribution in [0.2, 0.25) is 0 Å². The van der Waals surface area contributed by atoms with Crippen molar-refractivity contribution in [2.45, 2.75) is 47.6 Å². The molecule has 0 radical (unpaired) electrons. The molecule has 32 heavy (non-hydrogen) atoms. The summed E-state index contributed by atoms with van der Waals surface area (Å²) >= 11 is 0. The monoisotopic (exact) mass is 429 g/mol. The summed E-state index contributed by atoms with van der Waals surface area (Å²) in [5.41, 5.74) is 9.58. The fourth-order valence-corrected chi connectivity index (χ4v) is 5.04. The number of aryl methyl sites for hydroxylation is 2. The molecule has 0 atom stereocenters. The highest BCUT2D eigenvalue weighted by Crippen LogP contribution is 2.27. The number of carbonyl (C=O) groups is 1. The van der Waals surface area contributed by atoms with Gasteiger partial charge in [0.15, 0.2) is 0 Å². The summed E-state index contributed by atoms with van der Waals surface area (Å²) < 4.78 is 2.24. The van der Waals surface area contributed by atoms with Crippen LogP contribution in [0, 0.1) is 27.7 Å². The molecule has 2 aromatic carbocycles. The lowest BCUT2D eigenvalue weighted by Crippen LogP contribution is -2.49. The highest BCUT2D eigenvalue weighted by atomic mass is 16.2. The van der Waals surface area contributed by atoms with Crippen molar-refractivity contribution < 1.29 is 4.79 Å². The number of rotatable bonds is 5. The molecule has 4 heteroatoms. The van der Waals surface area contributed by atoms with E-state index in [1.54, 1.807) is 0 Å². The highest BCUT2D eigenvalue weighted by molar-refractivity contribution is 5.95. The van der Waals surface area contributed by atoms with Gasteiger partial charge in [-0.2, -0.15) is 0 Å². The molecule has 4 rings (SSSR count). The highest BCUT2D eigenvalue weighted by Gasteiger charge is 2.28. The Morgan fingerprint density at radius 2 is 1.53 bits per heavy atom. The normalized spacial score (nSPS) is 14.2. The Bertz CT molecular complexity index is 1100. The molecular formula is C28H35N3O. The summed E-state index contributed by atoms with van der Waals surface area (Å²) in [6.45, 7) is 14.7. The van der Waals surface area contributed by atoms with Crippen LogP contribution in [0.15, 0.2) is 48.5 Å². The van der Waals surface area contributed by atoms with Crippen LogP contribution < -0.4 is 4.90 Å². The third-order valence-corrected chi connectivity index (χ3v) is 6.96. The fraction of sp³-hybridized carbons (Fsp3) is 0.393. The fourth-order valence-electron chi connectivity index (χ4n) is 5.04. The standard InChI is InChI=1S/C28H35N3O/c1-6-25-22(4)27(31(23(25)5)19-24-13-11-20(2)12-14-24)28(32)30-17-15-29(16-18-30)26-10-8-7-9-21(26)3/h7-14H,6,15-19H2,1-5H3. The van der Waals surface area contributed by atoms with E-state index in [0.717, 1.165) is 50.4 Å². The maximum atomic E-state index is 13.8. The third kappa shape index (κ3) is 4.19. The van der Waals surface area contributed by atoms with Gasteiger partial charge in [0.1, 0.15) is 5.69 Å². The van der Waals surface area contributed by atoms with E-state index >= 15 is 0 Å². The first-order valence-electron chi connectivity index (χ1n) is 11.7. The van der Waals surface area contributed by atoms with Gasteiger partial charge in [0.25, 0.3) is 5.91 Å². The molecule has 1 fully saturated rings. The van der Waals surface area contributed by atoms with Gasteiger partial charge in [-0.1, -0.05) is 55.0 Å². The first-order chi connectivity index (χ1) is 15.4. The van der Waals surface area contributed by atoms with Crippen molar-refractivity contribution in [1.29, 1.82) is 0 Å². The summed E-state index contributed by atoms with van der Waals surface area (Å²) in [4.78, 5) is 18.2. The van der Waals surface area contributed by atoms with E-state index in [2.05, 4.69) is 92.6 Å². The Morgan fingerprint density at radius 3 is 2.16 bits per heavy atom. The lowest BCUT2D eigenvalue weighted by molar-refractivity contribution is 0.0735. The number of anilines is 1. The molecule has 1 amide bonds. The SMILES string of the molecule is CCc1c(C)c(C(=O)N2CCN(c3ccccc3C)CC2)n(Cc2ccc(C)cc2)c1C. The molecule has 0 aliphatic carbocycles. The number of hydrogen-bond donors (Lipinski definition) is 0. The third-order valence-electron chi connectivity index (χ3n) is 6.96. The summed E-state index contributed by atoms with van der Waals surface area (Å²) in [6.07, 6.45) is 0.944. The van der Waals surface area contributed by atoms with Crippen LogP contribution in [0.25, 0.3) is 0 Å². The molecule has 4 nitrogen and oxygen atoms in total. The average molecular weight is 430 g/mol. The number of nitrogens with zero attached hydrogens (tertiary/aromatic N) is 3. The van der Waals surface area contributed by atoms with Gasteiger partial charge in [-0.15, -0.1) is 0 Å². The van der Waals surface area contributed by atoms with E-state index in [1.165, 1.54) is 33.6 Å². The summed E-state index contributed by atoms with van der Waals surface area (Å²) in [7, 11) is 0. The van der Waals surface area contributed by atoms with Crippen LogP contribution in [0.1, 0.15) is 50.9 Å². The van der Waals surface area contributed by atoms with Crippen LogP contribution in [0.4, 0.5) is 5.69 Å². The summed E-state index contributed by atoms with van der Waals surface area (Å²) in [5.74, 6) is 0.168. The van der Waals surface area contributed by atoms with Crippen LogP contribution in [-0.4, -0.2) is 41.6 Å². The Balaban J connectivity index is 1.58. The minimum atomic E-state index is 0.168. The van der Waals surface area contributed by atoms with E-state index in [4.69, 9.17) is 0 Å². The first-order valence-corrected chi connectivity index (χ1v) is 11.7. The predicted molar refractivity (Wildman–Crippen MR) is 133 cm³/mol. The smallest absolute Gasteiger partial charge is 0.270 e. The van der Waals surface area contributed by atoms with Gasteiger partial charge in [0.05, 0.1) is 0 Å². The minimum Gasteiger partial charge on any atom is -0.368 e. The number of amides is 1. The van der Waals surface area contributed by atoms with Crippen molar-refractivity contribution in [3.8, 4) is 0 Å². The van der Waals surface area contributed by atoms with Gasteiger partial charge in [0.2, 0.25) is 0 Å². The predicted octanol–water partition coefficient (Wildman–Crippen LogP) is 5.29. The van der Waals surface area contributed by atoms with E-state index in [1.807, 2.05) is 4.90 Å². The molecule has 3 aromatic rings. The first kappa shape index (κ1) is 22.2. The van der Waals surface area contributed by atoms with Gasteiger partial charge >= 0.3 is 0 Å². The number of piperazine rings is 1. The number of hydrogen-bond acceptors (Lipinski definition) is 2. The molecular weight excluding hydrogens is 394 g/mol. The van der Waals surface area contributed by atoms with E-state index < -0.39 is 0 Å². The zero-order valence-electron chi connectivity index (χ0n) is 20.1. The number of aromatic nitrogens is 1. The zero-order valence-corrected chi connectivity index (χ0v) is 20.1. The average Bonchev–Trinajstić information content (AvgIpc) is 3.04. The van der Waals surface area contributed by atoms with Gasteiger partial charge in [-0.3, -0.25) is 4.79 Å². The topological polar surface area (TPSA) is 28.5 Å². The van der Waals surface area contributed by atoms with Crippen molar-refractivity contribution >= 4 is 11.6 Å². The van der Waals surface area contributed by atoms with Gasteiger partial charge < -0.3 is 14.4 Å². The second-order valence-electron chi connectivity index (χ2n) is 9.03.